The molecule has 13 aromatic rings. The summed E-state index contributed by atoms with van der Waals surface area (Å²) >= 11 is 0. The van der Waals surface area contributed by atoms with Crippen molar-refractivity contribution in [2.24, 2.45) is 0 Å². The van der Waals surface area contributed by atoms with E-state index >= 15 is 0 Å². The molecule has 0 fully saturated rings. The van der Waals surface area contributed by atoms with E-state index in [1.807, 2.05) is 0 Å². The molecule has 1 unspecified atom stereocenters. The Labute approximate surface area is 317 Å². The first kappa shape index (κ1) is 27.2. The molecule has 254 valence electrons. The van der Waals surface area contributed by atoms with Crippen molar-refractivity contribution in [3.05, 3.63) is 175 Å². The SMILES string of the molecule is c1ccc2c(c1)ccc1c2c2ccc3[n+]4c2n2c(c5ccccc5c12)C41c2c(ccc4c5c6ccccc6c6ccccc6c5c5c6ccccc6c1n5c24)O3. The van der Waals surface area contributed by atoms with Crippen molar-refractivity contribution in [2.75, 3.05) is 0 Å². The number of benzene rings is 8. The highest BCUT2D eigenvalue weighted by Crippen LogP contribution is 2.62. The second-order valence-corrected chi connectivity index (χ2v) is 16.1. The van der Waals surface area contributed by atoms with E-state index in [2.05, 4.69) is 171 Å². The zero-order valence-corrected chi connectivity index (χ0v) is 29.8. The molecular weight excluding hydrogens is 683 g/mol. The zero-order chi connectivity index (χ0) is 35.8. The number of nitrogens with zero attached hydrogens (tertiary/aromatic N) is 3. The van der Waals surface area contributed by atoms with Crippen molar-refractivity contribution >= 4 is 108 Å². The van der Waals surface area contributed by atoms with E-state index in [0.717, 1.165) is 11.6 Å². The second kappa shape index (κ2) is 8.59. The summed E-state index contributed by atoms with van der Waals surface area (Å²) in [5, 5.41) is 20.5. The minimum Gasteiger partial charge on any atom is -0.422 e. The van der Waals surface area contributed by atoms with Crippen LogP contribution in [0.5, 0.6) is 11.6 Å². The summed E-state index contributed by atoms with van der Waals surface area (Å²) in [6, 6.07) is 59.0. The van der Waals surface area contributed by atoms with Gasteiger partial charge in [0, 0.05) is 54.5 Å². The summed E-state index contributed by atoms with van der Waals surface area (Å²) in [5.74, 6) is 1.79. The Kier molecular flexibility index (Phi) is 4.17. The summed E-state index contributed by atoms with van der Waals surface area (Å²) in [7, 11) is 0. The lowest BCUT2D eigenvalue weighted by Gasteiger charge is -2.31. The number of rotatable bonds is 0. The van der Waals surface area contributed by atoms with Gasteiger partial charge < -0.3 is 9.14 Å². The Balaban J connectivity index is 1.27. The molecule has 56 heavy (non-hydrogen) atoms. The van der Waals surface area contributed by atoms with Crippen molar-refractivity contribution in [3.63, 3.8) is 0 Å². The van der Waals surface area contributed by atoms with Gasteiger partial charge in [-0.1, -0.05) is 121 Å². The Morgan fingerprint density at radius 2 is 0.929 bits per heavy atom. The van der Waals surface area contributed by atoms with Crippen LogP contribution in [0.2, 0.25) is 0 Å². The van der Waals surface area contributed by atoms with Crippen molar-refractivity contribution in [2.45, 2.75) is 5.54 Å². The average molecular weight is 709 g/mol. The minimum atomic E-state index is -0.708. The molecule has 1 atom stereocenters. The van der Waals surface area contributed by atoms with Crippen LogP contribution in [0, 0.1) is 0 Å². The summed E-state index contributed by atoms with van der Waals surface area (Å²) < 4.78 is 15.1. The molecule has 0 radical (unpaired) electrons. The molecule has 5 aromatic heterocycles. The van der Waals surface area contributed by atoms with E-state index in [4.69, 9.17) is 4.74 Å². The Hall–Kier alpha value is -7.43. The van der Waals surface area contributed by atoms with Crippen LogP contribution in [0.4, 0.5) is 0 Å². The standard InChI is InChI=1S/C52H26N3O/c1-2-12-28-27(11-1)21-22-37-42(28)39-24-26-41-55-51(39)54-46(37)33-17-7-9-19-35(33)50(54)52(55)45-40(56-41)25-23-38-43-31-15-5-3-13-29(31)30-14-4-6-16-32(30)44(43)47-34-18-8-10-20-36(34)49(52)53(47)48(38)45/h1-26H/q+1. The maximum Gasteiger partial charge on any atom is 0.299 e. The number of hydrogen-bond donors (Lipinski definition) is 0. The number of pyridine rings is 3. The fourth-order valence-electron chi connectivity index (χ4n) is 12.2. The van der Waals surface area contributed by atoms with Crippen molar-refractivity contribution < 1.29 is 9.30 Å². The fraction of sp³-hybridized carbons (Fsp3) is 0.0192. The molecule has 3 aliphatic heterocycles. The first-order chi connectivity index (χ1) is 27.8. The van der Waals surface area contributed by atoms with Crippen LogP contribution < -0.4 is 9.30 Å². The predicted octanol–water partition coefficient (Wildman–Crippen LogP) is 12.4. The number of fused-ring (bicyclic) bond motifs is 19. The van der Waals surface area contributed by atoms with Crippen LogP contribution in [-0.2, 0) is 5.54 Å². The van der Waals surface area contributed by atoms with Crippen molar-refractivity contribution in [1.29, 1.82) is 0 Å². The van der Waals surface area contributed by atoms with Gasteiger partial charge in [-0.3, -0.25) is 0 Å². The maximum absolute atomic E-state index is 7.18. The summed E-state index contributed by atoms with van der Waals surface area (Å²) in [5.41, 5.74) is 8.09. The molecule has 4 nitrogen and oxygen atoms in total. The van der Waals surface area contributed by atoms with Gasteiger partial charge in [0.05, 0.1) is 27.7 Å². The van der Waals surface area contributed by atoms with Crippen LogP contribution in [0.3, 0.4) is 0 Å². The summed E-state index contributed by atoms with van der Waals surface area (Å²) in [4.78, 5) is 0. The quantitative estimate of drug-likeness (QED) is 0.114. The molecule has 0 bridgehead atoms. The van der Waals surface area contributed by atoms with Gasteiger partial charge in [-0.2, -0.15) is 8.97 Å². The molecule has 16 rings (SSSR count). The third kappa shape index (κ3) is 2.55. The maximum atomic E-state index is 7.18. The van der Waals surface area contributed by atoms with E-state index in [9.17, 15) is 0 Å². The van der Waals surface area contributed by atoms with Gasteiger partial charge in [-0.05, 0) is 62.6 Å². The summed E-state index contributed by atoms with van der Waals surface area (Å²) in [6.45, 7) is 0. The lowest BCUT2D eigenvalue weighted by atomic mass is 9.79. The van der Waals surface area contributed by atoms with E-state index in [1.54, 1.807) is 0 Å². The molecule has 0 saturated carbocycles. The first-order valence-corrected chi connectivity index (χ1v) is 19.5. The molecule has 0 amide bonds. The van der Waals surface area contributed by atoms with Gasteiger partial charge in [0.15, 0.2) is 5.69 Å². The molecule has 0 N–H and O–H groups in total. The summed E-state index contributed by atoms with van der Waals surface area (Å²) in [6.07, 6.45) is 0. The van der Waals surface area contributed by atoms with Crippen LogP contribution in [-0.4, -0.2) is 8.80 Å². The predicted molar refractivity (Wildman–Crippen MR) is 228 cm³/mol. The van der Waals surface area contributed by atoms with Gasteiger partial charge >= 0.3 is 0 Å². The second-order valence-electron chi connectivity index (χ2n) is 16.1. The smallest absolute Gasteiger partial charge is 0.299 e. The third-order valence-corrected chi connectivity index (χ3v) is 13.9. The van der Waals surface area contributed by atoms with Gasteiger partial charge in [0.1, 0.15) is 11.3 Å². The highest BCUT2D eigenvalue weighted by molar-refractivity contribution is 6.38. The van der Waals surface area contributed by atoms with Gasteiger partial charge in [0.25, 0.3) is 11.5 Å². The molecular formula is C52H26N3O+. The van der Waals surface area contributed by atoms with Gasteiger partial charge in [-0.15, -0.1) is 0 Å². The van der Waals surface area contributed by atoms with E-state index < -0.39 is 5.54 Å². The van der Waals surface area contributed by atoms with Crippen LogP contribution >= 0.6 is 0 Å². The molecule has 1 spiro atoms. The Morgan fingerprint density at radius 1 is 0.375 bits per heavy atom. The first-order valence-electron chi connectivity index (χ1n) is 19.5. The van der Waals surface area contributed by atoms with Crippen molar-refractivity contribution in [3.8, 4) is 11.6 Å². The molecule has 0 saturated heterocycles. The Morgan fingerprint density at radius 3 is 1.68 bits per heavy atom. The fourth-order valence-corrected chi connectivity index (χ4v) is 12.2. The third-order valence-electron chi connectivity index (χ3n) is 13.9. The lowest BCUT2D eigenvalue weighted by Crippen LogP contribution is -2.58. The number of ether oxygens (including phenoxy) is 1. The molecule has 3 aliphatic rings. The van der Waals surface area contributed by atoms with Crippen LogP contribution in [0.25, 0.3) is 108 Å². The number of aromatic nitrogens is 3. The minimum absolute atomic E-state index is 0.708. The van der Waals surface area contributed by atoms with Gasteiger partial charge in [-0.25, -0.2) is 0 Å². The monoisotopic (exact) mass is 708 g/mol. The normalized spacial score (nSPS) is 16.4. The molecule has 8 heterocycles. The van der Waals surface area contributed by atoms with E-state index in [0.29, 0.717) is 0 Å². The molecule has 0 aliphatic carbocycles. The lowest BCUT2D eigenvalue weighted by molar-refractivity contribution is -0.712. The zero-order valence-electron chi connectivity index (χ0n) is 29.8. The highest BCUT2D eigenvalue weighted by Gasteiger charge is 2.65. The largest absolute Gasteiger partial charge is 0.422 e. The van der Waals surface area contributed by atoms with E-state index in [1.165, 1.54) is 125 Å². The highest BCUT2D eigenvalue weighted by atomic mass is 16.5. The number of hydrogen-bond acceptors (Lipinski definition) is 1. The Bertz CT molecular complexity index is 4150. The van der Waals surface area contributed by atoms with E-state index in [-0.39, 0.29) is 0 Å². The van der Waals surface area contributed by atoms with Crippen LogP contribution in [0.1, 0.15) is 17.0 Å². The molecule has 4 heteroatoms. The van der Waals surface area contributed by atoms with Crippen molar-refractivity contribution in [1.82, 2.24) is 8.80 Å². The topological polar surface area (TPSA) is 21.9 Å². The van der Waals surface area contributed by atoms with Crippen LogP contribution in [0.15, 0.2) is 158 Å². The van der Waals surface area contributed by atoms with Gasteiger partial charge in [0.2, 0.25) is 5.54 Å². The molecule has 8 aromatic carbocycles. The average Bonchev–Trinajstić information content (AvgIpc) is 3.98.